The molecule has 0 radical (unpaired) electrons. The number of nitrogens with one attached hydrogen (secondary N) is 2. The van der Waals surface area contributed by atoms with Gasteiger partial charge in [-0.05, 0) is 30.3 Å². The van der Waals surface area contributed by atoms with Crippen molar-refractivity contribution in [1.29, 1.82) is 5.26 Å². The van der Waals surface area contributed by atoms with Crippen LogP contribution in [0.15, 0.2) is 54.2 Å². The first-order valence-corrected chi connectivity index (χ1v) is 8.02. The fourth-order valence-corrected chi connectivity index (χ4v) is 2.26. The summed E-state index contributed by atoms with van der Waals surface area (Å²) in [6, 6.07) is 12.9. The molecule has 0 atom stereocenters. The van der Waals surface area contributed by atoms with Crippen LogP contribution >= 0.6 is 23.2 Å². The molecular formula is C18H13Cl2N3O3. The average molecular weight is 390 g/mol. The van der Waals surface area contributed by atoms with Gasteiger partial charge in [-0.15, -0.1) is 0 Å². The second-order valence-corrected chi connectivity index (χ2v) is 5.75. The monoisotopic (exact) mass is 389 g/mol. The van der Waals surface area contributed by atoms with E-state index in [1.807, 2.05) is 0 Å². The molecule has 8 heteroatoms. The normalized spacial score (nSPS) is 10.6. The predicted octanol–water partition coefficient (Wildman–Crippen LogP) is 4.24. The Kier molecular flexibility index (Phi) is 6.61. The molecule has 0 heterocycles. The fraction of sp³-hybridized carbons (Fsp3) is 0.0556. The first kappa shape index (κ1) is 19.3. The third-order valence-corrected chi connectivity index (χ3v) is 3.99. The van der Waals surface area contributed by atoms with Gasteiger partial charge in [-0.3, -0.25) is 4.79 Å². The Morgan fingerprint density at radius 1 is 1.15 bits per heavy atom. The summed E-state index contributed by atoms with van der Waals surface area (Å²) in [5, 5.41) is 15.3. The molecule has 0 aliphatic heterocycles. The number of halogens is 2. The highest BCUT2D eigenvalue weighted by molar-refractivity contribution is 6.42. The minimum Gasteiger partial charge on any atom is -0.465 e. The lowest BCUT2D eigenvalue weighted by molar-refractivity contribution is -0.112. The highest BCUT2D eigenvalue weighted by Crippen LogP contribution is 2.25. The summed E-state index contributed by atoms with van der Waals surface area (Å²) in [4.78, 5) is 24.0. The lowest BCUT2D eigenvalue weighted by Crippen LogP contribution is -2.17. The zero-order valence-electron chi connectivity index (χ0n) is 13.5. The van der Waals surface area contributed by atoms with Crippen LogP contribution in [0.3, 0.4) is 0 Å². The Labute approximate surface area is 160 Å². The van der Waals surface area contributed by atoms with Crippen LogP contribution in [-0.2, 0) is 9.53 Å². The van der Waals surface area contributed by atoms with E-state index in [-0.39, 0.29) is 16.8 Å². The first-order valence-electron chi connectivity index (χ1n) is 7.26. The van der Waals surface area contributed by atoms with Crippen LogP contribution in [0.2, 0.25) is 10.0 Å². The van der Waals surface area contributed by atoms with Gasteiger partial charge >= 0.3 is 5.97 Å². The molecule has 2 rings (SSSR count). The number of para-hydroxylation sites is 1. The van der Waals surface area contributed by atoms with Gasteiger partial charge in [-0.1, -0.05) is 35.3 Å². The molecule has 1 amide bonds. The van der Waals surface area contributed by atoms with E-state index in [9.17, 15) is 14.9 Å². The van der Waals surface area contributed by atoms with Gasteiger partial charge in [0.05, 0.1) is 28.4 Å². The van der Waals surface area contributed by atoms with Gasteiger partial charge in [0.1, 0.15) is 11.6 Å². The molecule has 0 saturated carbocycles. The molecule has 0 aliphatic carbocycles. The van der Waals surface area contributed by atoms with Gasteiger partial charge in [0.25, 0.3) is 5.91 Å². The van der Waals surface area contributed by atoms with E-state index in [4.69, 9.17) is 23.2 Å². The van der Waals surface area contributed by atoms with Gasteiger partial charge < -0.3 is 15.4 Å². The zero-order chi connectivity index (χ0) is 19.1. The Bertz CT molecular complexity index is 920. The summed E-state index contributed by atoms with van der Waals surface area (Å²) in [6.45, 7) is 0. The molecule has 0 spiro atoms. The SMILES string of the molecule is COC(=O)c1ccccc1NC(=O)/C(C#N)=C\Nc1ccc(Cl)c(Cl)c1. The number of esters is 1. The van der Waals surface area contributed by atoms with E-state index in [1.54, 1.807) is 36.4 Å². The number of benzene rings is 2. The number of hydrogen-bond donors (Lipinski definition) is 2. The molecule has 6 nitrogen and oxygen atoms in total. The largest absolute Gasteiger partial charge is 0.465 e. The Morgan fingerprint density at radius 2 is 1.88 bits per heavy atom. The van der Waals surface area contributed by atoms with E-state index in [0.29, 0.717) is 15.7 Å². The van der Waals surface area contributed by atoms with E-state index >= 15 is 0 Å². The first-order chi connectivity index (χ1) is 12.5. The number of nitrogens with zero attached hydrogens (tertiary/aromatic N) is 1. The van der Waals surface area contributed by atoms with E-state index in [0.717, 1.165) is 0 Å². The Morgan fingerprint density at radius 3 is 2.54 bits per heavy atom. The number of carbonyl (C=O) groups is 2. The minimum atomic E-state index is -0.684. The molecule has 0 fully saturated rings. The maximum absolute atomic E-state index is 12.3. The molecule has 26 heavy (non-hydrogen) atoms. The quantitative estimate of drug-likeness (QED) is 0.453. The van der Waals surface area contributed by atoms with Crippen molar-refractivity contribution in [3.8, 4) is 6.07 Å². The van der Waals surface area contributed by atoms with Crippen LogP contribution in [0.1, 0.15) is 10.4 Å². The summed E-state index contributed by atoms with van der Waals surface area (Å²) < 4.78 is 4.67. The Hall–Kier alpha value is -3.01. The van der Waals surface area contributed by atoms with Gasteiger partial charge in [0.2, 0.25) is 0 Å². The van der Waals surface area contributed by atoms with Gasteiger partial charge in [0, 0.05) is 11.9 Å². The number of carbonyl (C=O) groups excluding carboxylic acids is 2. The maximum Gasteiger partial charge on any atom is 0.339 e. The lowest BCUT2D eigenvalue weighted by atomic mass is 10.1. The summed E-state index contributed by atoms with van der Waals surface area (Å²) in [5.74, 6) is -1.28. The van der Waals surface area contributed by atoms with Gasteiger partial charge in [-0.25, -0.2) is 4.79 Å². The number of methoxy groups -OCH3 is 1. The van der Waals surface area contributed by atoms with Crippen molar-refractivity contribution in [2.24, 2.45) is 0 Å². The van der Waals surface area contributed by atoms with Crippen LogP contribution in [0.4, 0.5) is 11.4 Å². The van der Waals surface area contributed by atoms with E-state index < -0.39 is 11.9 Å². The molecule has 2 aromatic rings. The molecule has 2 N–H and O–H groups in total. The number of amides is 1. The Balaban J connectivity index is 2.18. The van der Waals surface area contributed by atoms with Crippen molar-refractivity contribution in [3.05, 3.63) is 69.8 Å². The predicted molar refractivity (Wildman–Crippen MR) is 100 cm³/mol. The van der Waals surface area contributed by atoms with Crippen molar-refractivity contribution < 1.29 is 14.3 Å². The summed E-state index contributed by atoms with van der Waals surface area (Å²) >= 11 is 11.7. The van der Waals surface area contributed by atoms with Crippen LogP contribution in [0, 0.1) is 11.3 Å². The smallest absolute Gasteiger partial charge is 0.339 e. The summed E-state index contributed by atoms with van der Waals surface area (Å²) in [6.07, 6.45) is 1.23. The topological polar surface area (TPSA) is 91.2 Å². The standard InChI is InChI=1S/C18H13Cl2N3O3/c1-26-18(25)13-4-2-3-5-16(13)23-17(24)11(9-21)10-22-12-6-7-14(19)15(20)8-12/h2-8,10,22H,1H3,(H,23,24)/b11-10-. The lowest BCUT2D eigenvalue weighted by Gasteiger charge is -2.09. The number of nitriles is 1. The van der Waals surface area contributed by atoms with Gasteiger partial charge in [-0.2, -0.15) is 5.26 Å². The minimum absolute atomic E-state index is 0.179. The second-order valence-electron chi connectivity index (χ2n) is 4.93. The molecule has 0 aliphatic rings. The summed E-state index contributed by atoms with van der Waals surface area (Å²) in [7, 11) is 1.24. The molecule has 0 saturated heterocycles. The van der Waals surface area contributed by atoms with Gasteiger partial charge in [0.15, 0.2) is 0 Å². The molecule has 132 valence electrons. The highest BCUT2D eigenvalue weighted by atomic mass is 35.5. The van der Waals surface area contributed by atoms with Crippen LogP contribution in [0.5, 0.6) is 0 Å². The fourth-order valence-electron chi connectivity index (χ4n) is 1.96. The van der Waals surface area contributed by atoms with Crippen molar-refractivity contribution >= 4 is 46.5 Å². The zero-order valence-corrected chi connectivity index (χ0v) is 15.1. The molecule has 0 aromatic heterocycles. The summed E-state index contributed by atoms with van der Waals surface area (Å²) in [5.41, 5.74) is 0.767. The molecule has 0 unspecified atom stereocenters. The van der Waals surface area contributed by atoms with E-state index in [2.05, 4.69) is 15.4 Å². The number of ether oxygens (including phenoxy) is 1. The molecule has 0 bridgehead atoms. The average Bonchev–Trinajstić information content (AvgIpc) is 2.65. The highest BCUT2D eigenvalue weighted by Gasteiger charge is 2.15. The van der Waals surface area contributed by atoms with Crippen LogP contribution in [-0.4, -0.2) is 19.0 Å². The third-order valence-electron chi connectivity index (χ3n) is 3.25. The number of anilines is 2. The maximum atomic E-state index is 12.3. The van der Waals surface area contributed by atoms with E-state index in [1.165, 1.54) is 25.4 Å². The number of hydrogen-bond acceptors (Lipinski definition) is 5. The van der Waals surface area contributed by atoms with Crippen molar-refractivity contribution in [2.45, 2.75) is 0 Å². The van der Waals surface area contributed by atoms with Crippen molar-refractivity contribution in [3.63, 3.8) is 0 Å². The number of rotatable bonds is 5. The molecular weight excluding hydrogens is 377 g/mol. The van der Waals surface area contributed by atoms with Crippen molar-refractivity contribution in [1.82, 2.24) is 0 Å². The van der Waals surface area contributed by atoms with Crippen molar-refractivity contribution in [2.75, 3.05) is 17.7 Å². The second kappa shape index (κ2) is 8.90. The van der Waals surface area contributed by atoms with Crippen LogP contribution < -0.4 is 10.6 Å². The molecule has 2 aromatic carbocycles. The van der Waals surface area contributed by atoms with Crippen LogP contribution in [0.25, 0.3) is 0 Å². The third kappa shape index (κ3) is 4.76.